The molecule has 0 spiro atoms. The van der Waals surface area contributed by atoms with Crippen molar-refractivity contribution in [1.82, 2.24) is 9.97 Å². The van der Waals surface area contributed by atoms with Crippen LogP contribution in [0.3, 0.4) is 0 Å². The first-order valence-electron chi connectivity index (χ1n) is 8.78. The fourth-order valence-electron chi connectivity index (χ4n) is 2.64. The summed E-state index contributed by atoms with van der Waals surface area (Å²) in [6.45, 7) is 3.12. The maximum atomic E-state index is 12.8. The third kappa shape index (κ3) is 4.88. The van der Waals surface area contributed by atoms with Gasteiger partial charge in [0.05, 0.1) is 17.1 Å². The van der Waals surface area contributed by atoms with Crippen LogP contribution >= 0.6 is 0 Å². The van der Waals surface area contributed by atoms with Gasteiger partial charge in [-0.15, -0.1) is 0 Å². The molecule has 0 aliphatic heterocycles. The average molecular weight is 411 g/mol. The summed E-state index contributed by atoms with van der Waals surface area (Å²) in [4.78, 5) is 19.7. The van der Waals surface area contributed by atoms with Gasteiger partial charge in [-0.1, -0.05) is 18.2 Å². The normalized spacial score (nSPS) is 11.0. The second-order valence-corrected chi connectivity index (χ2v) is 8.08. The Bertz CT molecular complexity index is 1130. The lowest BCUT2D eigenvalue weighted by molar-refractivity contribution is -0.114. The second kappa shape index (κ2) is 8.27. The number of amides is 1. The van der Waals surface area contributed by atoms with Crippen LogP contribution in [0.5, 0.6) is 0 Å². The Kier molecular flexibility index (Phi) is 5.79. The largest absolute Gasteiger partial charge is 0.323 e. The van der Waals surface area contributed by atoms with E-state index >= 15 is 0 Å². The number of aromatic nitrogens is 2. The second-order valence-electron chi connectivity index (χ2n) is 6.38. The molecule has 0 unspecified atom stereocenters. The number of aryl methyl sites for hydroxylation is 1. The summed E-state index contributed by atoms with van der Waals surface area (Å²) >= 11 is 0. The van der Waals surface area contributed by atoms with Gasteiger partial charge in [-0.05, 0) is 42.8 Å². The number of benzene rings is 1. The van der Waals surface area contributed by atoms with Crippen LogP contribution in [0.2, 0.25) is 0 Å². The molecule has 0 fully saturated rings. The minimum absolute atomic E-state index is 0.228. The van der Waals surface area contributed by atoms with Crippen molar-refractivity contribution >= 4 is 33.3 Å². The molecule has 9 heteroatoms. The first-order chi connectivity index (χ1) is 13.8. The van der Waals surface area contributed by atoms with Crippen LogP contribution in [0.1, 0.15) is 12.6 Å². The standard InChI is InChI=1S/C20H21N5O3S/c1-14-19(24-29(27,28)25(3)18-7-5-4-6-8-18)11-17(13-22-14)16-9-10-21-20(12-16)23-15(2)26/h4-13,24H,1-3H3,(H,21,23,26). The van der Waals surface area contributed by atoms with E-state index in [1.807, 2.05) is 6.07 Å². The van der Waals surface area contributed by atoms with Gasteiger partial charge in [-0.25, -0.2) is 4.98 Å². The number of nitrogens with one attached hydrogen (secondary N) is 2. The summed E-state index contributed by atoms with van der Waals surface area (Å²) in [7, 11) is -2.36. The van der Waals surface area contributed by atoms with Crippen LogP contribution in [0.15, 0.2) is 60.9 Å². The number of rotatable bonds is 6. The van der Waals surface area contributed by atoms with E-state index in [0.29, 0.717) is 28.5 Å². The van der Waals surface area contributed by atoms with Gasteiger partial charge in [0.2, 0.25) is 5.91 Å². The molecule has 3 rings (SSSR count). The Morgan fingerprint density at radius 2 is 1.76 bits per heavy atom. The molecule has 150 valence electrons. The fraction of sp³-hybridized carbons (Fsp3) is 0.150. The monoisotopic (exact) mass is 411 g/mol. The molecular weight excluding hydrogens is 390 g/mol. The number of hydrogen-bond donors (Lipinski definition) is 2. The summed E-state index contributed by atoms with van der Waals surface area (Å²) < 4.78 is 29.4. The molecule has 2 aromatic heterocycles. The Morgan fingerprint density at radius 3 is 2.45 bits per heavy atom. The molecule has 0 aliphatic rings. The predicted octanol–water partition coefficient (Wildman–Crippen LogP) is 3.20. The van der Waals surface area contributed by atoms with Gasteiger partial charge in [0, 0.05) is 31.9 Å². The number of anilines is 3. The highest BCUT2D eigenvalue weighted by Crippen LogP contribution is 2.26. The van der Waals surface area contributed by atoms with Crippen molar-refractivity contribution in [3.63, 3.8) is 0 Å². The Morgan fingerprint density at radius 1 is 1.03 bits per heavy atom. The molecule has 0 radical (unpaired) electrons. The smallest absolute Gasteiger partial charge is 0.311 e. The molecule has 0 aliphatic carbocycles. The average Bonchev–Trinajstić information content (AvgIpc) is 2.69. The molecule has 2 heterocycles. The summed E-state index contributed by atoms with van der Waals surface area (Å²) in [5.41, 5.74) is 2.87. The van der Waals surface area contributed by atoms with E-state index < -0.39 is 10.2 Å². The summed E-state index contributed by atoms with van der Waals surface area (Å²) in [5, 5.41) is 2.62. The van der Waals surface area contributed by atoms with Crippen molar-refractivity contribution in [1.29, 1.82) is 0 Å². The lowest BCUT2D eigenvalue weighted by atomic mass is 10.1. The van der Waals surface area contributed by atoms with Gasteiger partial charge >= 0.3 is 10.2 Å². The van der Waals surface area contributed by atoms with Crippen molar-refractivity contribution in [2.45, 2.75) is 13.8 Å². The number of carbonyl (C=O) groups is 1. The van der Waals surface area contributed by atoms with Gasteiger partial charge < -0.3 is 5.32 Å². The number of pyridine rings is 2. The van der Waals surface area contributed by atoms with Gasteiger partial charge in [-0.3, -0.25) is 18.8 Å². The maximum absolute atomic E-state index is 12.8. The molecule has 29 heavy (non-hydrogen) atoms. The quantitative estimate of drug-likeness (QED) is 0.648. The maximum Gasteiger partial charge on any atom is 0.323 e. The van der Waals surface area contributed by atoms with E-state index in [1.54, 1.807) is 61.8 Å². The lowest BCUT2D eigenvalue weighted by Gasteiger charge is -2.21. The number of carbonyl (C=O) groups excluding carboxylic acids is 1. The zero-order valence-electron chi connectivity index (χ0n) is 16.2. The highest BCUT2D eigenvalue weighted by Gasteiger charge is 2.19. The van der Waals surface area contributed by atoms with Crippen LogP contribution in [0.25, 0.3) is 11.1 Å². The molecule has 0 atom stereocenters. The molecular formula is C20H21N5O3S. The summed E-state index contributed by atoms with van der Waals surface area (Å²) in [5.74, 6) is 0.176. The van der Waals surface area contributed by atoms with E-state index in [4.69, 9.17) is 0 Å². The third-order valence-corrected chi connectivity index (χ3v) is 5.61. The highest BCUT2D eigenvalue weighted by atomic mass is 32.2. The van der Waals surface area contributed by atoms with Crippen LogP contribution in [0, 0.1) is 6.92 Å². The Balaban J connectivity index is 1.91. The molecule has 1 aromatic carbocycles. The van der Waals surface area contributed by atoms with Gasteiger partial charge in [0.15, 0.2) is 0 Å². The van der Waals surface area contributed by atoms with Crippen molar-refractivity contribution < 1.29 is 13.2 Å². The topological polar surface area (TPSA) is 104 Å². The third-order valence-electron chi connectivity index (χ3n) is 4.20. The van der Waals surface area contributed by atoms with E-state index in [-0.39, 0.29) is 5.91 Å². The number of nitrogens with zero attached hydrogens (tertiary/aromatic N) is 3. The first-order valence-corrected chi connectivity index (χ1v) is 10.2. The fourth-order valence-corrected chi connectivity index (χ4v) is 3.66. The van der Waals surface area contributed by atoms with E-state index in [9.17, 15) is 13.2 Å². The Hall–Kier alpha value is -3.46. The summed E-state index contributed by atoms with van der Waals surface area (Å²) in [6.07, 6.45) is 3.20. The molecule has 0 bridgehead atoms. The van der Waals surface area contributed by atoms with Gasteiger partial charge in [0.25, 0.3) is 0 Å². The molecule has 8 nitrogen and oxygen atoms in total. The Labute approximate surface area is 169 Å². The number of para-hydroxylation sites is 1. The van der Waals surface area contributed by atoms with E-state index in [1.165, 1.54) is 18.3 Å². The minimum atomic E-state index is -3.84. The molecule has 0 saturated carbocycles. The van der Waals surface area contributed by atoms with Gasteiger partial charge in [-0.2, -0.15) is 8.42 Å². The van der Waals surface area contributed by atoms with Crippen LogP contribution in [-0.2, 0) is 15.0 Å². The number of hydrogen-bond acceptors (Lipinski definition) is 5. The van der Waals surface area contributed by atoms with Gasteiger partial charge in [0.1, 0.15) is 5.82 Å². The first kappa shape index (κ1) is 20.3. The SMILES string of the molecule is CC(=O)Nc1cc(-c2cnc(C)c(NS(=O)(=O)N(C)c3ccccc3)c2)ccn1. The van der Waals surface area contributed by atoms with Crippen LogP contribution in [0.4, 0.5) is 17.2 Å². The zero-order chi connectivity index (χ0) is 21.0. The molecule has 0 saturated heterocycles. The molecule has 3 aromatic rings. The summed E-state index contributed by atoms with van der Waals surface area (Å²) in [6, 6.07) is 13.9. The van der Waals surface area contributed by atoms with Crippen molar-refractivity contribution in [3.05, 3.63) is 66.6 Å². The molecule has 2 N–H and O–H groups in total. The van der Waals surface area contributed by atoms with E-state index in [2.05, 4.69) is 20.0 Å². The highest BCUT2D eigenvalue weighted by molar-refractivity contribution is 7.94. The molecule has 1 amide bonds. The van der Waals surface area contributed by atoms with Crippen LogP contribution < -0.4 is 14.3 Å². The predicted molar refractivity (Wildman–Crippen MR) is 114 cm³/mol. The van der Waals surface area contributed by atoms with Crippen molar-refractivity contribution in [2.24, 2.45) is 0 Å². The lowest BCUT2D eigenvalue weighted by Crippen LogP contribution is -2.32. The zero-order valence-corrected chi connectivity index (χ0v) is 17.1. The van der Waals surface area contributed by atoms with Crippen molar-refractivity contribution in [3.8, 4) is 11.1 Å². The van der Waals surface area contributed by atoms with Crippen LogP contribution in [-0.4, -0.2) is 31.3 Å². The minimum Gasteiger partial charge on any atom is -0.311 e. The van der Waals surface area contributed by atoms with Crippen molar-refractivity contribution in [2.75, 3.05) is 21.4 Å². The van der Waals surface area contributed by atoms with E-state index in [0.717, 1.165) is 5.56 Å².